The number of carbonyl (C=O) groups is 1. The normalized spacial score (nSPS) is 28.5. The molecule has 0 radical (unpaired) electrons. The summed E-state index contributed by atoms with van der Waals surface area (Å²) in [5.74, 6) is 0.588. The molecule has 0 spiro atoms. The summed E-state index contributed by atoms with van der Waals surface area (Å²) in [4.78, 5) is 16.8. The van der Waals surface area contributed by atoms with Crippen LogP contribution in [0, 0.1) is 11.3 Å². The van der Waals surface area contributed by atoms with Gasteiger partial charge in [0.1, 0.15) is 6.10 Å². The zero-order chi connectivity index (χ0) is 15.5. The maximum absolute atomic E-state index is 12.5. The minimum atomic E-state index is -0.0974. The summed E-state index contributed by atoms with van der Waals surface area (Å²) in [7, 11) is 0. The lowest BCUT2D eigenvalue weighted by molar-refractivity contribution is -0.0441. The van der Waals surface area contributed by atoms with Gasteiger partial charge >= 0.3 is 6.09 Å². The Morgan fingerprint density at radius 1 is 1.24 bits per heavy atom. The first kappa shape index (κ1) is 16.6. The van der Waals surface area contributed by atoms with Crippen LogP contribution >= 0.6 is 0 Å². The fourth-order valence-corrected chi connectivity index (χ4v) is 3.28. The summed E-state index contributed by atoms with van der Waals surface area (Å²) in [6, 6.07) is 0. The Hall–Kier alpha value is -0.770. The molecule has 122 valence electrons. The highest BCUT2D eigenvalue weighted by Crippen LogP contribution is 2.30. The van der Waals surface area contributed by atoms with E-state index < -0.39 is 0 Å². The molecule has 0 aliphatic carbocycles. The van der Waals surface area contributed by atoms with Crippen molar-refractivity contribution >= 4 is 6.09 Å². The lowest BCUT2D eigenvalue weighted by Crippen LogP contribution is -2.53. The molecule has 3 aliphatic heterocycles. The minimum Gasteiger partial charge on any atom is -0.444 e. The predicted molar refractivity (Wildman–Crippen MR) is 85.4 cm³/mol. The van der Waals surface area contributed by atoms with E-state index in [1.807, 2.05) is 4.90 Å². The zero-order valence-electron chi connectivity index (χ0n) is 14.2. The highest BCUT2D eigenvalue weighted by atomic mass is 16.6. The molecule has 0 saturated carbocycles. The van der Waals surface area contributed by atoms with E-state index in [-0.39, 0.29) is 17.6 Å². The smallest absolute Gasteiger partial charge is 0.410 e. The van der Waals surface area contributed by atoms with Gasteiger partial charge in [-0.05, 0) is 50.1 Å². The molecule has 3 heterocycles. The predicted octanol–water partition coefficient (Wildman–Crippen LogP) is 3.37. The number of ether oxygens (including phenoxy) is 1. The summed E-state index contributed by atoms with van der Waals surface area (Å²) >= 11 is 0. The molecule has 0 N–H and O–H groups in total. The van der Waals surface area contributed by atoms with Crippen LogP contribution < -0.4 is 0 Å². The van der Waals surface area contributed by atoms with Gasteiger partial charge in [-0.15, -0.1) is 0 Å². The summed E-state index contributed by atoms with van der Waals surface area (Å²) in [6.45, 7) is 13.7. The average Bonchev–Trinajstić information content (AvgIpc) is 2.43. The Morgan fingerprint density at radius 3 is 2.38 bits per heavy atom. The molecule has 1 unspecified atom stereocenters. The van der Waals surface area contributed by atoms with Crippen LogP contribution in [0.4, 0.5) is 4.79 Å². The van der Waals surface area contributed by atoms with Gasteiger partial charge in [0.05, 0.1) is 0 Å². The van der Waals surface area contributed by atoms with Crippen molar-refractivity contribution < 1.29 is 9.53 Å². The molecule has 0 aromatic rings. The first-order valence-electron chi connectivity index (χ1n) is 8.57. The van der Waals surface area contributed by atoms with Gasteiger partial charge in [0.2, 0.25) is 0 Å². The molecule has 3 saturated heterocycles. The Labute approximate surface area is 129 Å². The van der Waals surface area contributed by atoms with Crippen LogP contribution in [0.25, 0.3) is 0 Å². The van der Waals surface area contributed by atoms with Crippen LogP contribution in [0.5, 0.6) is 0 Å². The van der Waals surface area contributed by atoms with Crippen molar-refractivity contribution in [2.75, 3.05) is 32.7 Å². The van der Waals surface area contributed by atoms with E-state index in [0.29, 0.717) is 5.92 Å². The fraction of sp³-hybridized carbons (Fsp3) is 0.941. The van der Waals surface area contributed by atoms with Crippen molar-refractivity contribution in [1.29, 1.82) is 0 Å². The zero-order valence-corrected chi connectivity index (χ0v) is 14.2. The number of fused-ring (bicyclic) bond motifs is 3. The first-order valence-corrected chi connectivity index (χ1v) is 8.57. The Balaban J connectivity index is 1.86. The highest BCUT2D eigenvalue weighted by molar-refractivity contribution is 5.67. The quantitative estimate of drug-likeness (QED) is 0.780. The van der Waals surface area contributed by atoms with E-state index in [1.165, 1.54) is 25.9 Å². The fourth-order valence-electron chi connectivity index (χ4n) is 3.28. The van der Waals surface area contributed by atoms with E-state index in [1.54, 1.807) is 0 Å². The van der Waals surface area contributed by atoms with Gasteiger partial charge in [-0.25, -0.2) is 4.79 Å². The van der Waals surface area contributed by atoms with Crippen LogP contribution in [-0.4, -0.2) is 54.7 Å². The number of rotatable bonds is 5. The van der Waals surface area contributed by atoms with Gasteiger partial charge in [-0.2, -0.15) is 0 Å². The average molecular weight is 296 g/mol. The second kappa shape index (κ2) is 6.99. The lowest BCUT2D eigenvalue weighted by atomic mass is 9.86. The van der Waals surface area contributed by atoms with Crippen molar-refractivity contribution in [3.05, 3.63) is 0 Å². The largest absolute Gasteiger partial charge is 0.444 e. The number of hydrogen-bond donors (Lipinski definition) is 0. The molecular formula is C17H32N2O2. The van der Waals surface area contributed by atoms with Gasteiger partial charge < -0.3 is 9.64 Å². The molecule has 4 heteroatoms. The highest BCUT2D eigenvalue weighted by Gasteiger charge is 2.37. The standard InChI is InChI=1S/C17H32N2O2/c1-5-9-19(12-8-17(2,3)4)16(20)21-15-13-18-10-6-14(15)7-11-18/h14-15H,5-13H2,1-4H3. The van der Waals surface area contributed by atoms with Crippen molar-refractivity contribution in [2.45, 2.75) is 59.5 Å². The van der Waals surface area contributed by atoms with Gasteiger partial charge in [0.15, 0.2) is 0 Å². The molecule has 1 amide bonds. The molecular weight excluding hydrogens is 264 g/mol. The summed E-state index contributed by atoms with van der Waals surface area (Å²) in [5.41, 5.74) is 0.252. The monoisotopic (exact) mass is 296 g/mol. The number of amides is 1. The number of piperidine rings is 3. The van der Waals surface area contributed by atoms with Crippen LogP contribution in [-0.2, 0) is 4.74 Å². The Bertz CT molecular complexity index is 343. The lowest BCUT2D eigenvalue weighted by Gasteiger charge is -2.44. The first-order chi connectivity index (χ1) is 9.89. The van der Waals surface area contributed by atoms with E-state index in [0.717, 1.165) is 32.5 Å². The number of hydrogen-bond acceptors (Lipinski definition) is 3. The maximum Gasteiger partial charge on any atom is 0.410 e. The van der Waals surface area contributed by atoms with E-state index in [4.69, 9.17) is 4.74 Å². The minimum absolute atomic E-state index is 0.0974. The molecule has 0 aromatic carbocycles. The molecule has 3 aliphatic rings. The maximum atomic E-state index is 12.5. The second-order valence-electron chi connectivity index (χ2n) is 7.86. The number of nitrogens with zero attached hydrogens (tertiary/aromatic N) is 2. The van der Waals surface area contributed by atoms with E-state index >= 15 is 0 Å². The molecule has 4 nitrogen and oxygen atoms in total. The van der Waals surface area contributed by atoms with Crippen molar-refractivity contribution in [3.63, 3.8) is 0 Å². The van der Waals surface area contributed by atoms with Crippen molar-refractivity contribution in [2.24, 2.45) is 11.3 Å². The third-order valence-electron chi connectivity index (χ3n) is 4.73. The summed E-state index contributed by atoms with van der Waals surface area (Å²) in [5, 5.41) is 0. The second-order valence-corrected chi connectivity index (χ2v) is 7.86. The van der Waals surface area contributed by atoms with Crippen LogP contribution in [0.3, 0.4) is 0 Å². The summed E-state index contributed by atoms with van der Waals surface area (Å²) in [6.07, 6.45) is 4.40. The van der Waals surface area contributed by atoms with Gasteiger partial charge in [0, 0.05) is 19.6 Å². The van der Waals surface area contributed by atoms with E-state index in [9.17, 15) is 4.79 Å². The van der Waals surface area contributed by atoms with E-state index in [2.05, 4.69) is 32.6 Å². The third kappa shape index (κ3) is 4.87. The van der Waals surface area contributed by atoms with Gasteiger partial charge in [-0.3, -0.25) is 4.90 Å². The van der Waals surface area contributed by atoms with Crippen LogP contribution in [0.1, 0.15) is 53.4 Å². The van der Waals surface area contributed by atoms with Crippen LogP contribution in [0.15, 0.2) is 0 Å². The molecule has 3 fully saturated rings. The number of carbonyl (C=O) groups excluding carboxylic acids is 1. The summed E-state index contributed by atoms with van der Waals surface area (Å²) < 4.78 is 5.85. The topological polar surface area (TPSA) is 32.8 Å². The SMILES string of the molecule is CCCN(CCC(C)(C)C)C(=O)OC1CN2CCC1CC2. The molecule has 0 aromatic heterocycles. The molecule has 2 bridgehead atoms. The Morgan fingerprint density at radius 2 is 1.90 bits per heavy atom. The molecule has 21 heavy (non-hydrogen) atoms. The molecule has 1 atom stereocenters. The molecule has 3 rings (SSSR count). The van der Waals surface area contributed by atoms with Gasteiger partial charge in [-0.1, -0.05) is 27.7 Å². The third-order valence-corrected chi connectivity index (χ3v) is 4.73. The van der Waals surface area contributed by atoms with Crippen molar-refractivity contribution in [1.82, 2.24) is 9.80 Å². The van der Waals surface area contributed by atoms with Gasteiger partial charge in [0.25, 0.3) is 0 Å². The Kier molecular flexibility index (Phi) is 5.53. The van der Waals surface area contributed by atoms with Crippen molar-refractivity contribution in [3.8, 4) is 0 Å². The van der Waals surface area contributed by atoms with Crippen LogP contribution in [0.2, 0.25) is 0 Å².